The lowest BCUT2D eigenvalue weighted by atomic mass is 10.0. The Hall–Kier alpha value is -2.57. The molecule has 24 heavy (non-hydrogen) atoms. The molecule has 0 saturated heterocycles. The molecular formula is C17H25N3O4. The first-order valence-corrected chi connectivity index (χ1v) is 7.91. The van der Waals surface area contributed by atoms with E-state index in [1.54, 1.807) is 13.8 Å². The summed E-state index contributed by atoms with van der Waals surface area (Å²) < 4.78 is 0. The summed E-state index contributed by atoms with van der Waals surface area (Å²) in [6, 6.07) is 7.80. The van der Waals surface area contributed by atoms with Crippen molar-refractivity contribution >= 4 is 17.9 Å². The standard InChI is InChI=1S/C17H25N3O4/c1-11(2)15(16(18)23)20-17(24)19-13(8-9-14(21)22)10-12-6-4-3-5-7-12/h3-7,11,13,15H,8-10H2,1-2H3,(H2,18,23)(H,21,22)(H2,19,20,24)/t13?,15-/m1/s1. The van der Waals surface area contributed by atoms with Gasteiger partial charge < -0.3 is 21.5 Å². The molecule has 0 spiro atoms. The molecule has 0 fully saturated rings. The van der Waals surface area contributed by atoms with Crippen molar-refractivity contribution in [2.45, 2.75) is 45.2 Å². The zero-order chi connectivity index (χ0) is 18.1. The van der Waals surface area contributed by atoms with Gasteiger partial charge in [-0.05, 0) is 24.3 Å². The van der Waals surface area contributed by atoms with E-state index in [4.69, 9.17) is 10.8 Å². The van der Waals surface area contributed by atoms with Gasteiger partial charge in [-0.25, -0.2) is 4.79 Å². The molecule has 0 aliphatic heterocycles. The van der Waals surface area contributed by atoms with Crippen molar-refractivity contribution in [3.05, 3.63) is 35.9 Å². The Bertz CT molecular complexity index is 560. The predicted octanol–water partition coefficient (Wildman–Crippen LogP) is 1.27. The van der Waals surface area contributed by atoms with Crippen LogP contribution in [0.25, 0.3) is 0 Å². The van der Waals surface area contributed by atoms with Gasteiger partial charge in [-0.1, -0.05) is 44.2 Å². The van der Waals surface area contributed by atoms with Gasteiger partial charge in [0.15, 0.2) is 0 Å². The van der Waals surface area contributed by atoms with Crippen molar-refractivity contribution < 1.29 is 19.5 Å². The highest BCUT2D eigenvalue weighted by atomic mass is 16.4. The molecule has 7 nitrogen and oxygen atoms in total. The number of rotatable bonds is 9. The van der Waals surface area contributed by atoms with E-state index in [-0.39, 0.29) is 18.4 Å². The number of urea groups is 1. The van der Waals surface area contributed by atoms with Crippen molar-refractivity contribution in [1.29, 1.82) is 0 Å². The van der Waals surface area contributed by atoms with Gasteiger partial charge in [0, 0.05) is 12.5 Å². The molecule has 5 N–H and O–H groups in total. The van der Waals surface area contributed by atoms with Crippen LogP contribution in [0.1, 0.15) is 32.3 Å². The summed E-state index contributed by atoms with van der Waals surface area (Å²) in [5.41, 5.74) is 6.27. The minimum absolute atomic E-state index is 0.0544. The molecule has 1 aromatic rings. The Labute approximate surface area is 141 Å². The Morgan fingerprint density at radius 2 is 1.75 bits per heavy atom. The summed E-state index contributed by atoms with van der Waals surface area (Å²) in [7, 11) is 0. The number of aliphatic carboxylic acids is 1. The van der Waals surface area contributed by atoms with E-state index in [0.717, 1.165) is 5.56 Å². The molecule has 0 radical (unpaired) electrons. The molecule has 1 unspecified atom stereocenters. The Morgan fingerprint density at radius 1 is 1.12 bits per heavy atom. The number of carboxylic acids is 1. The van der Waals surface area contributed by atoms with E-state index in [2.05, 4.69) is 10.6 Å². The Balaban J connectivity index is 2.70. The van der Waals surface area contributed by atoms with Crippen molar-refractivity contribution in [2.24, 2.45) is 11.7 Å². The molecule has 0 heterocycles. The highest BCUT2D eigenvalue weighted by Crippen LogP contribution is 2.08. The number of hydrogen-bond acceptors (Lipinski definition) is 3. The third kappa shape index (κ3) is 7.13. The summed E-state index contributed by atoms with van der Waals surface area (Å²) in [6.45, 7) is 3.56. The first-order chi connectivity index (χ1) is 11.3. The average molecular weight is 335 g/mol. The van der Waals surface area contributed by atoms with Crippen LogP contribution in [-0.4, -0.2) is 35.1 Å². The number of carbonyl (C=O) groups excluding carboxylic acids is 2. The monoisotopic (exact) mass is 335 g/mol. The third-order valence-corrected chi connectivity index (χ3v) is 3.63. The van der Waals surface area contributed by atoms with E-state index < -0.39 is 23.9 Å². The maximum Gasteiger partial charge on any atom is 0.315 e. The van der Waals surface area contributed by atoms with Gasteiger partial charge in [0.25, 0.3) is 0 Å². The molecule has 0 saturated carbocycles. The van der Waals surface area contributed by atoms with Crippen molar-refractivity contribution in [3.8, 4) is 0 Å². The number of benzene rings is 1. The maximum absolute atomic E-state index is 12.1. The van der Waals surface area contributed by atoms with Crippen LogP contribution in [0.4, 0.5) is 4.79 Å². The van der Waals surface area contributed by atoms with E-state index >= 15 is 0 Å². The topological polar surface area (TPSA) is 122 Å². The van der Waals surface area contributed by atoms with Crippen LogP contribution >= 0.6 is 0 Å². The van der Waals surface area contributed by atoms with Gasteiger partial charge in [0.05, 0.1) is 0 Å². The zero-order valence-corrected chi connectivity index (χ0v) is 14.0. The van der Waals surface area contributed by atoms with E-state index in [1.807, 2.05) is 30.3 Å². The summed E-state index contributed by atoms with van der Waals surface area (Å²) in [5.74, 6) is -1.67. The molecule has 0 aliphatic rings. The molecule has 1 aromatic carbocycles. The van der Waals surface area contributed by atoms with Gasteiger partial charge in [-0.15, -0.1) is 0 Å². The molecule has 132 valence electrons. The Kier molecular flexibility index (Phi) is 7.74. The Morgan fingerprint density at radius 3 is 2.25 bits per heavy atom. The van der Waals surface area contributed by atoms with E-state index in [1.165, 1.54) is 0 Å². The van der Waals surface area contributed by atoms with Crippen LogP contribution in [0.5, 0.6) is 0 Å². The highest BCUT2D eigenvalue weighted by molar-refractivity contribution is 5.86. The molecule has 0 aliphatic carbocycles. The number of hydrogen-bond donors (Lipinski definition) is 4. The normalized spacial score (nSPS) is 13.1. The van der Waals surface area contributed by atoms with Crippen LogP contribution in [0.3, 0.4) is 0 Å². The number of primary amides is 1. The summed E-state index contributed by atoms with van der Waals surface area (Å²) in [4.78, 5) is 34.3. The average Bonchev–Trinajstić information content (AvgIpc) is 2.50. The fourth-order valence-electron chi connectivity index (χ4n) is 2.36. The van der Waals surface area contributed by atoms with Crippen LogP contribution in [-0.2, 0) is 16.0 Å². The molecule has 3 amide bonds. The second-order valence-corrected chi connectivity index (χ2v) is 6.06. The van der Waals surface area contributed by atoms with Gasteiger partial charge in [-0.2, -0.15) is 0 Å². The summed E-state index contributed by atoms with van der Waals surface area (Å²) >= 11 is 0. The second-order valence-electron chi connectivity index (χ2n) is 6.06. The molecular weight excluding hydrogens is 310 g/mol. The lowest BCUT2D eigenvalue weighted by Gasteiger charge is -2.23. The molecule has 0 aromatic heterocycles. The SMILES string of the molecule is CC(C)[C@@H](NC(=O)NC(CCC(=O)O)Cc1ccccc1)C(N)=O. The maximum atomic E-state index is 12.1. The van der Waals surface area contributed by atoms with Gasteiger partial charge >= 0.3 is 12.0 Å². The summed E-state index contributed by atoms with van der Waals surface area (Å²) in [5, 5.41) is 14.2. The molecule has 7 heteroatoms. The predicted molar refractivity (Wildman–Crippen MR) is 90.3 cm³/mol. The number of carboxylic acid groups (broad SMARTS) is 1. The number of nitrogens with one attached hydrogen (secondary N) is 2. The third-order valence-electron chi connectivity index (χ3n) is 3.63. The lowest BCUT2D eigenvalue weighted by Crippen LogP contribution is -2.53. The van der Waals surface area contributed by atoms with Gasteiger partial charge in [0.1, 0.15) is 6.04 Å². The first-order valence-electron chi connectivity index (χ1n) is 7.91. The number of carbonyl (C=O) groups is 3. The largest absolute Gasteiger partial charge is 0.481 e. The lowest BCUT2D eigenvalue weighted by molar-refractivity contribution is -0.137. The van der Waals surface area contributed by atoms with Crippen LogP contribution in [0.2, 0.25) is 0 Å². The molecule has 2 atom stereocenters. The fourth-order valence-corrected chi connectivity index (χ4v) is 2.36. The molecule has 1 rings (SSSR count). The minimum atomic E-state index is -0.924. The highest BCUT2D eigenvalue weighted by Gasteiger charge is 2.23. The number of nitrogens with two attached hydrogens (primary N) is 1. The van der Waals surface area contributed by atoms with Crippen LogP contribution in [0, 0.1) is 5.92 Å². The second kappa shape index (κ2) is 9.54. The van der Waals surface area contributed by atoms with E-state index in [0.29, 0.717) is 12.8 Å². The van der Waals surface area contributed by atoms with Crippen molar-refractivity contribution in [3.63, 3.8) is 0 Å². The smallest absolute Gasteiger partial charge is 0.315 e. The van der Waals surface area contributed by atoms with Crippen molar-refractivity contribution in [2.75, 3.05) is 0 Å². The fraction of sp³-hybridized carbons (Fsp3) is 0.471. The van der Waals surface area contributed by atoms with Crippen LogP contribution < -0.4 is 16.4 Å². The summed E-state index contributed by atoms with van der Waals surface area (Å²) in [6.07, 6.45) is 0.742. The van der Waals surface area contributed by atoms with Gasteiger partial charge in [0.2, 0.25) is 5.91 Å². The first kappa shape index (κ1) is 19.5. The quantitative estimate of drug-likeness (QED) is 0.543. The molecule has 0 bridgehead atoms. The number of amides is 3. The van der Waals surface area contributed by atoms with Crippen molar-refractivity contribution in [1.82, 2.24) is 10.6 Å². The van der Waals surface area contributed by atoms with Gasteiger partial charge in [-0.3, -0.25) is 9.59 Å². The minimum Gasteiger partial charge on any atom is -0.481 e. The zero-order valence-electron chi connectivity index (χ0n) is 14.0. The van der Waals surface area contributed by atoms with Crippen LogP contribution in [0.15, 0.2) is 30.3 Å². The van der Waals surface area contributed by atoms with E-state index in [9.17, 15) is 14.4 Å².